The maximum atomic E-state index is 12.5. The molecule has 5 heteroatoms. The van der Waals surface area contributed by atoms with Crippen LogP contribution in [-0.2, 0) is 11.3 Å². The molecule has 0 fully saturated rings. The zero-order chi connectivity index (χ0) is 16.2. The number of nitrogens with one attached hydrogen (secondary N) is 2. The molecule has 2 N–H and O–H groups in total. The Hall–Kier alpha value is -2.04. The normalized spacial score (nSPS) is 13.5. The Morgan fingerprint density at radius 1 is 1.21 bits per heavy atom. The SMILES string of the molecule is Cc1ccc(C)c(NC(=O)CN2CCNCc3ccccc32)c1.Cl. The van der Waals surface area contributed by atoms with Gasteiger partial charge >= 0.3 is 0 Å². The van der Waals surface area contributed by atoms with Gasteiger partial charge in [-0.15, -0.1) is 12.4 Å². The van der Waals surface area contributed by atoms with Gasteiger partial charge in [-0.2, -0.15) is 0 Å². The number of hydrogen-bond donors (Lipinski definition) is 2. The zero-order valence-electron chi connectivity index (χ0n) is 14.1. The van der Waals surface area contributed by atoms with Crippen molar-refractivity contribution < 1.29 is 4.79 Å². The molecule has 0 aromatic heterocycles. The number of rotatable bonds is 3. The number of carbonyl (C=O) groups is 1. The molecule has 24 heavy (non-hydrogen) atoms. The van der Waals surface area contributed by atoms with Crippen LogP contribution in [-0.4, -0.2) is 25.5 Å². The molecule has 0 aliphatic carbocycles. The maximum Gasteiger partial charge on any atom is 0.243 e. The van der Waals surface area contributed by atoms with Crippen LogP contribution in [0.15, 0.2) is 42.5 Å². The van der Waals surface area contributed by atoms with Crippen LogP contribution >= 0.6 is 12.4 Å². The zero-order valence-corrected chi connectivity index (χ0v) is 15.0. The Morgan fingerprint density at radius 3 is 2.83 bits per heavy atom. The van der Waals surface area contributed by atoms with Gasteiger partial charge in [-0.05, 0) is 42.7 Å². The third-order valence-corrected chi connectivity index (χ3v) is 4.21. The largest absolute Gasteiger partial charge is 0.361 e. The second-order valence-corrected chi connectivity index (χ2v) is 6.09. The number of nitrogens with zero attached hydrogens (tertiary/aromatic N) is 1. The standard InChI is InChI=1S/C19H23N3O.ClH/c1-14-7-8-15(2)17(11-14)21-19(23)13-22-10-9-20-12-16-5-3-4-6-18(16)22;/h3-8,11,20H,9-10,12-13H2,1-2H3,(H,21,23);1H. The van der Waals surface area contributed by atoms with Crippen LogP contribution in [0.2, 0.25) is 0 Å². The van der Waals surface area contributed by atoms with Crippen molar-refractivity contribution in [3.05, 3.63) is 59.2 Å². The lowest BCUT2D eigenvalue weighted by Gasteiger charge is -2.24. The molecular formula is C19H24ClN3O. The van der Waals surface area contributed by atoms with E-state index in [-0.39, 0.29) is 18.3 Å². The Labute approximate surface area is 149 Å². The number of amides is 1. The summed E-state index contributed by atoms with van der Waals surface area (Å²) in [4.78, 5) is 14.6. The molecule has 0 unspecified atom stereocenters. The molecular weight excluding hydrogens is 322 g/mol. The number of para-hydroxylation sites is 1. The first kappa shape index (κ1) is 18.3. The average Bonchev–Trinajstić information content (AvgIpc) is 2.74. The van der Waals surface area contributed by atoms with E-state index in [9.17, 15) is 4.79 Å². The van der Waals surface area contributed by atoms with E-state index in [0.29, 0.717) is 6.54 Å². The molecule has 128 valence electrons. The summed E-state index contributed by atoms with van der Waals surface area (Å²) in [5, 5.41) is 6.45. The molecule has 0 bridgehead atoms. The van der Waals surface area contributed by atoms with E-state index >= 15 is 0 Å². The summed E-state index contributed by atoms with van der Waals surface area (Å²) in [6.45, 7) is 6.98. The van der Waals surface area contributed by atoms with Gasteiger partial charge in [0.25, 0.3) is 0 Å². The molecule has 1 heterocycles. The molecule has 3 rings (SSSR count). The fourth-order valence-electron chi connectivity index (χ4n) is 2.92. The summed E-state index contributed by atoms with van der Waals surface area (Å²) in [6.07, 6.45) is 0. The predicted molar refractivity (Wildman–Crippen MR) is 102 cm³/mol. The van der Waals surface area contributed by atoms with Gasteiger partial charge in [-0.25, -0.2) is 0 Å². The fourth-order valence-corrected chi connectivity index (χ4v) is 2.92. The van der Waals surface area contributed by atoms with Gasteiger partial charge in [0.1, 0.15) is 0 Å². The lowest BCUT2D eigenvalue weighted by molar-refractivity contribution is -0.115. The number of fused-ring (bicyclic) bond motifs is 1. The smallest absolute Gasteiger partial charge is 0.243 e. The van der Waals surface area contributed by atoms with E-state index in [4.69, 9.17) is 0 Å². The van der Waals surface area contributed by atoms with E-state index in [1.165, 1.54) is 5.56 Å². The number of benzene rings is 2. The Bertz CT molecular complexity index is 718. The number of halogens is 1. The second kappa shape index (κ2) is 8.18. The van der Waals surface area contributed by atoms with Crippen molar-refractivity contribution in [2.24, 2.45) is 0 Å². The van der Waals surface area contributed by atoms with Gasteiger partial charge in [0.2, 0.25) is 5.91 Å². The van der Waals surface area contributed by atoms with Gasteiger partial charge < -0.3 is 15.5 Å². The summed E-state index contributed by atoms with van der Waals surface area (Å²) < 4.78 is 0. The number of hydrogen-bond acceptors (Lipinski definition) is 3. The molecule has 2 aromatic carbocycles. The Morgan fingerprint density at radius 2 is 2.00 bits per heavy atom. The van der Waals surface area contributed by atoms with Crippen molar-refractivity contribution in [2.45, 2.75) is 20.4 Å². The van der Waals surface area contributed by atoms with Crippen LogP contribution in [0.5, 0.6) is 0 Å². The van der Waals surface area contributed by atoms with E-state index in [0.717, 1.165) is 42.1 Å². The number of aryl methyl sites for hydroxylation is 2. The maximum absolute atomic E-state index is 12.5. The van der Waals surface area contributed by atoms with Gasteiger partial charge in [-0.3, -0.25) is 4.79 Å². The van der Waals surface area contributed by atoms with Gasteiger partial charge in [0.15, 0.2) is 0 Å². The first-order valence-electron chi connectivity index (χ1n) is 8.04. The highest BCUT2D eigenvalue weighted by Gasteiger charge is 2.17. The molecule has 0 radical (unpaired) electrons. The Balaban J connectivity index is 0.00000208. The van der Waals surface area contributed by atoms with Gasteiger partial charge in [0, 0.05) is 31.0 Å². The molecule has 1 aliphatic rings. The van der Waals surface area contributed by atoms with Crippen LogP contribution in [0.25, 0.3) is 0 Å². The van der Waals surface area contributed by atoms with E-state index in [1.807, 2.05) is 38.1 Å². The minimum Gasteiger partial charge on any atom is -0.361 e. The molecule has 4 nitrogen and oxygen atoms in total. The molecule has 0 atom stereocenters. The lowest BCUT2D eigenvalue weighted by Crippen LogP contribution is -2.36. The molecule has 1 aliphatic heterocycles. The van der Waals surface area contributed by atoms with Crippen molar-refractivity contribution in [3.63, 3.8) is 0 Å². The predicted octanol–water partition coefficient (Wildman–Crippen LogP) is 3.27. The van der Waals surface area contributed by atoms with Crippen LogP contribution in [0.1, 0.15) is 16.7 Å². The summed E-state index contributed by atoms with van der Waals surface area (Å²) in [5.41, 5.74) is 5.52. The second-order valence-electron chi connectivity index (χ2n) is 6.09. The molecule has 1 amide bonds. The van der Waals surface area contributed by atoms with Crippen LogP contribution in [0.4, 0.5) is 11.4 Å². The van der Waals surface area contributed by atoms with Crippen molar-refractivity contribution in [3.8, 4) is 0 Å². The van der Waals surface area contributed by atoms with Crippen LogP contribution in [0, 0.1) is 13.8 Å². The minimum absolute atomic E-state index is 0. The van der Waals surface area contributed by atoms with Crippen molar-refractivity contribution >= 4 is 29.7 Å². The van der Waals surface area contributed by atoms with Gasteiger partial charge in [0.05, 0.1) is 6.54 Å². The third-order valence-electron chi connectivity index (χ3n) is 4.21. The van der Waals surface area contributed by atoms with Crippen LogP contribution < -0.4 is 15.5 Å². The average molecular weight is 346 g/mol. The van der Waals surface area contributed by atoms with Crippen molar-refractivity contribution in [1.29, 1.82) is 0 Å². The highest BCUT2D eigenvalue weighted by atomic mass is 35.5. The van der Waals surface area contributed by atoms with Crippen LogP contribution in [0.3, 0.4) is 0 Å². The molecule has 2 aromatic rings. The highest BCUT2D eigenvalue weighted by molar-refractivity contribution is 5.95. The topological polar surface area (TPSA) is 44.4 Å². The summed E-state index contributed by atoms with van der Waals surface area (Å²) >= 11 is 0. The highest BCUT2D eigenvalue weighted by Crippen LogP contribution is 2.22. The molecule has 0 saturated heterocycles. The van der Waals surface area contributed by atoms with Gasteiger partial charge in [-0.1, -0.05) is 30.3 Å². The van der Waals surface area contributed by atoms with E-state index in [1.54, 1.807) is 0 Å². The van der Waals surface area contributed by atoms with Crippen molar-refractivity contribution in [1.82, 2.24) is 5.32 Å². The number of carbonyl (C=O) groups excluding carboxylic acids is 1. The number of anilines is 2. The van der Waals surface area contributed by atoms with E-state index < -0.39 is 0 Å². The first-order valence-corrected chi connectivity index (χ1v) is 8.04. The third kappa shape index (κ3) is 4.28. The summed E-state index contributed by atoms with van der Waals surface area (Å²) in [6, 6.07) is 14.4. The fraction of sp³-hybridized carbons (Fsp3) is 0.316. The summed E-state index contributed by atoms with van der Waals surface area (Å²) in [5.74, 6) is 0.0235. The molecule has 0 saturated carbocycles. The summed E-state index contributed by atoms with van der Waals surface area (Å²) in [7, 11) is 0. The van der Waals surface area contributed by atoms with Crippen molar-refractivity contribution in [2.75, 3.05) is 29.9 Å². The van der Waals surface area contributed by atoms with E-state index in [2.05, 4.69) is 33.7 Å². The quantitative estimate of drug-likeness (QED) is 0.897. The first-order chi connectivity index (χ1) is 11.1. The lowest BCUT2D eigenvalue weighted by atomic mass is 10.1. The minimum atomic E-state index is 0. The Kier molecular flexibility index (Phi) is 6.23. The molecule has 0 spiro atoms. The monoisotopic (exact) mass is 345 g/mol.